The number of likely N-dealkylation sites (tertiary alicyclic amines) is 1. The quantitative estimate of drug-likeness (QED) is 0.889. The average molecular weight is 296 g/mol. The minimum absolute atomic E-state index is 0.776. The van der Waals surface area contributed by atoms with Gasteiger partial charge in [0.05, 0.1) is 10.7 Å². The largest absolute Gasteiger partial charge is 0.370 e. The van der Waals surface area contributed by atoms with Crippen LogP contribution in [0, 0.1) is 11.8 Å². The maximum atomic E-state index is 6.28. The monoisotopic (exact) mass is 295 g/mol. The fraction of sp³-hybridized carbons (Fsp3) is 0.688. The van der Waals surface area contributed by atoms with Crippen LogP contribution in [0.15, 0.2) is 12.1 Å². The smallest absolute Gasteiger partial charge is 0.126 e. The van der Waals surface area contributed by atoms with Crippen LogP contribution in [-0.4, -0.2) is 29.5 Å². The van der Waals surface area contributed by atoms with E-state index in [1.165, 1.54) is 12.8 Å². The molecule has 1 fully saturated rings. The summed E-state index contributed by atoms with van der Waals surface area (Å²) >= 11 is 6.28. The molecular formula is C16H26ClN3. The molecule has 1 saturated heterocycles. The summed E-state index contributed by atoms with van der Waals surface area (Å²) in [6.07, 6.45) is 2.59. The number of aromatic nitrogens is 1. The zero-order valence-corrected chi connectivity index (χ0v) is 13.6. The third-order valence-corrected chi connectivity index (χ3v) is 4.57. The molecule has 1 aliphatic rings. The van der Waals surface area contributed by atoms with E-state index in [-0.39, 0.29) is 0 Å². The summed E-state index contributed by atoms with van der Waals surface area (Å²) < 4.78 is 0. The van der Waals surface area contributed by atoms with Crippen molar-refractivity contribution in [1.29, 1.82) is 0 Å². The van der Waals surface area contributed by atoms with Crippen LogP contribution >= 0.6 is 11.6 Å². The van der Waals surface area contributed by atoms with Gasteiger partial charge in [0.1, 0.15) is 5.82 Å². The summed E-state index contributed by atoms with van der Waals surface area (Å²) in [5.41, 5.74) is 0.994. The standard InChI is InChI=1S/C16H26ClN3/c1-4-18-16-6-5-14(17)15(19-16)11-20-9-7-13(8-10-20)12(2)3/h5-6,12-13H,4,7-11H2,1-3H3,(H,18,19). The molecule has 0 atom stereocenters. The van der Waals surface area contributed by atoms with E-state index in [2.05, 4.69) is 36.0 Å². The van der Waals surface area contributed by atoms with Crippen molar-refractivity contribution in [1.82, 2.24) is 9.88 Å². The number of hydrogen-bond donors (Lipinski definition) is 1. The second-order valence-corrected chi connectivity index (χ2v) is 6.42. The van der Waals surface area contributed by atoms with Crippen molar-refractivity contribution in [2.45, 2.75) is 40.2 Å². The molecule has 0 saturated carbocycles. The van der Waals surface area contributed by atoms with Crippen LogP contribution in [0.5, 0.6) is 0 Å². The lowest BCUT2D eigenvalue weighted by molar-refractivity contribution is 0.150. The van der Waals surface area contributed by atoms with Gasteiger partial charge in [-0.1, -0.05) is 25.4 Å². The van der Waals surface area contributed by atoms with Crippen molar-refractivity contribution in [2.75, 3.05) is 25.0 Å². The lowest BCUT2D eigenvalue weighted by Gasteiger charge is -2.33. The van der Waals surface area contributed by atoms with Crippen molar-refractivity contribution in [3.05, 3.63) is 22.8 Å². The second-order valence-electron chi connectivity index (χ2n) is 6.01. The molecule has 0 spiro atoms. The van der Waals surface area contributed by atoms with E-state index in [0.29, 0.717) is 0 Å². The highest BCUT2D eigenvalue weighted by atomic mass is 35.5. The van der Waals surface area contributed by atoms with Crippen LogP contribution in [0.3, 0.4) is 0 Å². The average Bonchev–Trinajstić information content (AvgIpc) is 2.43. The Hall–Kier alpha value is -0.800. The van der Waals surface area contributed by atoms with Crippen LogP contribution in [-0.2, 0) is 6.54 Å². The van der Waals surface area contributed by atoms with Crippen molar-refractivity contribution >= 4 is 17.4 Å². The number of anilines is 1. The van der Waals surface area contributed by atoms with Crippen molar-refractivity contribution < 1.29 is 0 Å². The summed E-state index contributed by atoms with van der Waals surface area (Å²) in [6, 6.07) is 3.89. The van der Waals surface area contributed by atoms with Gasteiger partial charge in [-0.25, -0.2) is 4.98 Å². The Labute approximate surface area is 127 Å². The number of halogens is 1. The van der Waals surface area contributed by atoms with E-state index in [1.807, 2.05) is 12.1 Å². The lowest BCUT2D eigenvalue weighted by atomic mass is 9.87. The Balaban J connectivity index is 1.95. The number of rotatable bonds is 5. The Bertz CT molecular complexity index is 426. The van der Waals surface area contributed by atoms with E-state index in [0.717, 1.165) is 54.5 Å². The molecule has 0 aromatic carbocycles. The zero-order valence-electron chi connectivity index (χ0n) is 12.8. The predicted octanol–water partition coefficient (Wildman–Crippen LogP) is 4.03. The van der Waals surface area contributed by atoms with Gasteiger partial charge >= 0.3 is 0 Å². The summed E-state index contributed by atoms with van der Waals surface area (Å²) in [4.78, 5) is 7.10. The molecule has 0 bridgehead atoms. The highest BCUT2D eigenvalue weighted by Crippen LogP contribution is 2.26. The third-order valence-electron chi connectivity index (χ3n) is 4.22. The SMILES string of the molecule is CCNc1ccc(Cl)c(CN2CCC(C(C)C)CC2)n1. The summed E-state index contributed by atoms with van der Waals surface area (Å²) in [5, 5.41) is 4.02. The van der Waals surface area contributed by atoms with Gasteiger partial charge in [-0.2, -0.15) is 0 Å². The molecule has 0 radical (unpaired) electrons. The van der Waals surface area contributed by atoms with Crippen molar-refractivity contribution in [3.63, 3.8) is 0 Å². The van der Waals surface area contributed by atoms with Crippen molar-refractivity contribution in [2.24, 2.45) is 11.8 Å². The number of piperidine rings is 1. The zero-order chi connectivity index (χ0) is 14.5. The molecule has 0 aliphatic carbocycles. The van der Waals surface area contributed by atoms with E-state index in [9.17, 15) is 0 Å². The van der Waals surface area contributed by atoms with Gasteiger partial charge in [0.25, 0.3) is 0 Å². The number of nitrogens with one attached hydrogen (secondary N) is 1. The molecule has 2 rings (SSSR count). The Morgan fingerprint density at radius 1 is 1.35 bits per heavy atom. The lowest BCUT2D eigenvalue weighted by Crippen LogP contribution is -2.35. The van der Waals surface area contributed by atoms with Gasteiger partial charge in [0.2, 0.25) is 0 Å². The van der Waals surface area contributed by atoms with Gasteiger partial charge < -0.3 is 5.32 Å². The summed E-state index contributed by atoms with van der Waals surface area (Å²) in [5.74, 6) is 2.60. The first kappa shape index (κ1) is 15.6. The first-order valence-electron chi connectivity index (χ1n) is 7.71. The topological polar surface area (TPSA) is 28.2 Å². The molecule has 1 aromatic heterocycles. The molecule has 20 heavy (non-hydrogen) atoms. The highest BCUT2D eigenvalue weighted by Gasteiger charge is 2.22. The number of pyridine rings is 1. The maximum absolute atomic E-state index is 6.28. The normalized spacial score (nSPS) is 17.6. The molecule has 1 aromatic rings. The van der Waals surface area contributed by atoms with Gasteiger partial charge in [0.15, 0.2) is 0 Å². The molecular weight excluding hydrogens is 270 g/mol. The fourth-order valence-electron chi connectivity index (χ4n) is 2.86. The van der Waals surface area contributed by atoms with E-state index < -0.39 is 0 Å². The van der Waals surface area contributed by atoms with Crippen LogP contribution in [0.25, 0.3) is 0 Å². The van der Waals surface area contributed by atoms with Gasteiger partial charge in [-0.15, -0.1) is 0 Å². The number of hydrogen-bond acceptors (Lipinski definition) is 3. The van der Waals surface area contributed by atoms with Crippen LogP contribution in [0.4, 0.5) is 5.82 Å². The Morgan fingerprint density at radius 3 is 2.65 bits per heavy atom. The maximum Gasteiger partial charge on any atom is 0.126 e. The van der Waals surface area contributed by atoms with Gasteiger partial charge in [-0.05, 0) is 56.8 Å². The molecule has 0 unspecified atom stereocenters. The fourth-order valence-corrected chi connectivity index (χ4v) is 3.03. The van der Waals surface area contributed by atoms with E-state index >= 15 is 0 Å². The van der Waals surface area contributed by atoms with Crippen molar-refractivity contribution in [3.8, 4) is 0 Å². The number of nitrogens with zero attached hydrogens (tertiary/aromatic N) is 2. The summed E-state index contributed by atoms with van der Waals surface area (Å²) in [6.45, 7) is 10.8. The third kappa shape index (κ3) is 4.10. The molecule has 112 valence electrons. The van der Waals surface area contributed by atoms with E-state index in [4.69, 9.17) is 11.6 Å². The molecule has 4 heteroatoms. The minimum atomic E-state index is 0.776. The van der Waals surface area contributed by atoms with Crippen LogP contribution < -0.4 is 5.32 Å². The Morgan fingerprint density at radius 2 is 2.05 bits per heavy atom. The predicted molar refractivity (Wildman–Crippen MR) is 86.2 cm³/mol. The van der Waals surface area contributed by atoms with E-state index in [1.54, 1.807) is 0 Å². The molecule has 3 nitrogen and oxygen atoms in total. The van der Waals surface area contributed by atoms with Crippen LogP contribution in [0.2, 0.25) is 5.02 Å². The highest BCUT2D eigenvalue weighted by molar-refractivity contribution is 6.31. The first-order chi connectivity index (χ1) is 9.60. The minimum Gasteiger partial charge on any atom is -0.370 e. The van der Waals surface area contributed by atoms with Gasteiger partial charge in [-0.3, -0.25) is 4.90 Å². The first-order valence-corrected chi connectivity index (χ1v) is 8.09. The molecule has 1 N–H and O–H groups in total. The molecule has 2 heterocycles. The Kier molecular flexibility index (Phi) is 5.67. The molecule has 1 aliphatic heterocycles. The van der Waals surface area contributed by atoms with Crippen LogP contribution in [0.1, 0.15) is 39.3 Å². The molecule has 0 amide bonds. The van der Waals surface area contributed by atoms with Gasteiger partial charge in [0, 0.05) is 13.1 Å². The second kappa shape index (κ2) is 7.28. The summed E-state index contributed by atoms with van der Waals surface area (Å²) in [7, 11) is 0.